The van der Waals surface area contributed by atoms with Crippen LogP contribution in [0.15, 0.2) is 17.0 Å². The fourth-order valence-electron chi connectivity index (χ4n) is 1.79. The van der Waals surface area contributed by atoms with Crippen molar-refractivity contribution in [1.82, 2.24) is 4.72 Å². The third kappa shape index (κ3) is 3.32. The Balaban J connectivity index is 2.27. The quantitative estimate of drug-likeness (QED) is 0.577. The molecular formula is C11H11ClN2O6S. The van der Waals surface area contributed by atoms with Crippen LogP contribution >= 0.6 is 11.6 Å². The number of sulfonamides is 1. The first-order valence-electron chi connectivity index (χ1n) is 5.73. The van der Waals surface area contributed by atoms with Crippen molar-refractivity contribution in [3.8, 4) is 0 Å². The van der Waals surface area contributed by atoms with E-state index in [9.17, 15) is 18.0 Å². The lowest BCUT2D eigenvalue weighted by atomic mass is 10.2. The van der Waals surface area contributed by atoms with Crippen LogP contribution in [0.3, 0.4) is 0 Å². The number of hydrogen-bond acceptors (Lipinski definition) is 5. The predicted octanol–water partition coefficient (Wildman–Crippen LogP) is -0.442. The first-order chi connectivity index (χ1) is 9.70. The molecule has 0 spiro atoms. The molecule has 21 heavy (non-hydrogen) atoms. The smallest absolute Gasteiger partial charge is 0.333 e. The second-order valence-electron chi connectivity index (χ2n) is 4.37. The number of aliphatic hydroxyl groups excluding tert-OH is 1. The van der Waals surface area contributed by atoms with Gasteiger partial charge in [0.2, 0.25) is 15.9 Å². The van der Waals surface area contributed by atoms with Crippen LogP contribution in [0, 0.1) is 0 Å². The average Bonchev–Trinajstić information content (AvgIpc) is 2.73. The third-order valence-electron chi connectivity index (χ3n) is 2.82. The maximum atomic E-state index is 12.1. The standard InChI is InChI=1S/C11H11ClN2O6S/c12-6-3-7-5(2-10(16)14-7)1-9(6)21(19,20)13-4-8(15)11(17)18/h1,3,8,13,15H,2,4H2,(H,14,16)(H,17,18). The molecule has 114 valence electrons. The Labute approximate surface area is 124 Å². The van der Waals surface area contributed by atoms with Crippen LogP contribution in [0.4, 0.5) is 5.69 Å². The van der Waals surface area contributed by atoms with Gasteiger partial charge in [0.05, 0.1) is 11.4 Å². The number of amides is 1. The molecule has 1 unspecified atom stereocenters. The van der Waals surface area contributed by atoms with Crippen LogP contribution in [-0.4, -0.2) is 43.2 Å². The number of aliphatic hydroxyl groups is 1. The number of carboxylic acids is 1. The molecule has 1 aliphatic rings. The number of benzene rings is 1. The molecule has 0 aliphatic carbocycles. The second kappa shape index (κ2) is 5.60. The van der Waals surface area contributed by atoms with Crippen molar-refractivity contribution in [3.63, 3.8) is 0 Å². The normalized spacial score (nSPS) is 15.4. The monoisotopic (exact) mass is 334 g/mol. The number of carboxylic acid groups (broad SMARTS) is 1. The lowest BCUT2D eigenvalue weighted by Crippen LogP contribution is -2.36. The largest absolute Gasteiger partial charge is 0.479 e. The Morgan fingerprint density at radius 3 is 2.76 bits per heavy atom. The lowest BCUT2D eigenvalue weighted by Gasteiger charge is -2.11. The van der Waals surface area contributed by atoms with Crippen molar-refractivity contribution in [3.05, 3.63) is 22.7 Å². The van der Waals surface area contributed by atoms with E-state index in [1.165, 1.54) is 12.1 Å². The molecule has 1 amide bonds. The Kier molecular flexibility index (Phi) is 4.19. The van der Waals surface area contributed by atoms with E-state index in [0.29, 0.717) is 11.3 Å². The van der Waals surface area contributed by atoms with Crippen molar-refractivity contribution in [2.24, 2.45) is 0 Å². The number of hydrogen-bond donors (Lipinski definition) is 4. The van der Waals surface area contributed by atoms with Gasteiger partial charge in [-0.15, -0.1) is 0 Å². The van der Waals surface area contributed by atoms with E-state index in [1.807, 2.05) is 4.72 Å². The molecule has 0 bridgehead atoms. The number of anilines is 1. The lowest BCUT2D eigenvalue weighted by molar-refractivity contribution is -0.146. The molecule has 8 nitrogen and oxygen atoms in total. The summed E-state index contributed by atoms with van der Waals surface area (Å²) in [5, 5.41) is 20.0. The first kappa shape index (κ1) is 15.7. The van der Waals surface area contributed by atoms with Crippen molar-refractivity contribution < 1.29 is 28.2 Å². The molecule has 0 aromatic heterocycles. The van der Waals surface area contributed by atoms with Gasteiger partial charge in [-0.3, -0.25) is 4.79 Å². The summed E-state index contributed by atoms with van der Waals surface area (Å²) < 4.78 is 26.1. The number of carbonyl (C=O) groups excluding carboxylic acids is 1. The van der Waals surface area contributed by atoms with Gasteiger partial charge >= 0.3 is 5.97 Å². The van der Waals surface area contributed by atoms with Gasteiger partial charge in [0, 0.05) is 12.2 Å². The number of carbonyl (C=O) groups is 2. The van der Waals surface area contributed by atoms with E-state index >= 15 is 0 Å². The highest BCUT2D eigenvalue weighted by molar-refractivity contribution is 7.89. The number of rotatable bonds is 5. The van der Waals surface area contributed by atoms with Gasteiger partial charge in [0.25, 0.3) is 0 Å². The average molecular weight is 335 g/mol. The third-order valence-corrected chi connectivity index (χ3v) is 4.71. The molecule has 1 aliphatic heterocycles. The van der Waals surface area contributed by atoms with Crippen molar-refractivity contribution in [2.75, 3.05) is 11.9 Å². The molecule has 1 atom stereocenters. The van der Waals surface area contributed by atoms with Crippen LogP contribution in [0.5, 0.6) is 0 Å². The van der Waals surface area contributed by atoms with E-state index < -0.39 is 28.6 Å². The Morgan fingerprint density at radius 1 is 1.48 bits per heavy atom. The van der Waals surface area contributed by atoms with Gasteiger partial charge in [-0.2, -0.15) is 0 Å². The topological polar surface area (TPSA) is 133 Å². The SMILES string of the molecule is O=C1Cc2cc(S(=O)(=O)NCC(O)C(=O)O)c(Cl)cc2N1. The summed E-state index contributed by atoms with van der Waals surface area (Å²) in [4.78, 5) is 21.4. The molecule has 1 aromatic carbocycles. The fraction of sp³-hybridized carbons (Fsp3) is 0.273. The summed E-state index contributed by atoms with van der Waals surface area (Å²) in [6, 6.07) is 2.55. The van der Waals surface area contributed by atoms with E-state index in [0.717, 1.165) is 0 Å². The molecule has 1 heterocycles. The number of halogens is 1. The predicted molar refractivity (Wildman–Crippen MR) is 72.6 cm³/mol. The van der Waals surface area contributed by atoms with Crippen molar-refractivity contribution >= 4 is 39.2 Å². The molecule has 1 aromatic rings. The van der Waals surface area contributed by atoms with Gasteiger partial charge in [0.15, 0.2) is 6.10 Å². The summed E-state index contributed by atoms with van der Waals surface area (Å²) in [5.74, 6) is -1.82. The zero-order chi connectivity index (χ0) is 15.8. The fourth-order valence-corrected chi connectivity index (χ4v) is 3.40. The molecule has 10 heteroatoms. The molecular weight excluding hydrogens is 324 g/mol. The summed E-state index contributed by atoms with van der Waals surface area (Å²) >= 11 is 5.87. The van der Waals surface area contributed by atoms with Gasteiger partial charge in [0.1, 0.15) is 4.90 Å². The van der Waals surface area contributed by atoms with E-state index in [-0.39, 0.29) is 22.2 Å². The van der Waals surface area contributed by atoms with Gasteiger partial charge in [-0.05, 0) is 17.7 Å². The molecule has 0 saturated heterocycles. The summed E-state index contributed by atoms with van der Waals surface area (Å²) in [6.07, 6.45) is -1.83. The molecule has 4 N–H and O–H groups in total. The van der Waals surface area contributed by atoms with Crippen molar-refractivity contribution in [2.45, 2.75) is 17.4 Å². The molecule has 0 saturated carbocycles. The maximum Gasteiger partial charge on any atom is 0.333 e. The molecule has 2 rings (SSSR count). The van der Waals surface area contributed by atoms with Crippen LogP contribution < -0.4 is 10.0 Å². The van der Waals surface area contributed by atoms with Gasteiger partial charge < -0.3 is 15.5 Å². The zero-order valence-corrected chi connectivity index (χ0v) is 12.0. The highest BCUT2D eigenvalue weighted by Crippen LogP contribution is 2.32. The Morgan fingerprint density at radius 2 is 2.14 bits per heavy atom. The molecule has 0 radical (unpaired) electrons. The zero-order valence-electron chi connectivity index (χ0n) is 10.5. The van der Waals surface area contributed by atoms with Gasteiger partial charge in [-0.25, -0.2) is 17.9 Å². The maximum absolute atomic E-state index is 12.1. The Hall–Kier alpha value is -1.68. The highest BCUT2D eigenvalue weighted by atomic mass is 35.5. The van der Waals surface area contributed by atoms with Crippen LogP contribution in [0.25, 0.3) is 0 Å². The van der Waals surface area contributed by atoms with Crippen LogP contribution in [-0.2, 0) is 26.0 Å². The minimum Gasteiger partial charge on any atom is -0.479 e. The van der Waals surface area contributed by atoms with E-state index in [2.05, 4.69) is 5.32 Å². The van der Waals surface area contributed by atoms with Crippen molar-refractivity contribution in [1.29, 1.82) is 0 Å². The van der Waals surface area contributed by atoms with E-state index in [4.69, 9.17) is 21.8 Å². The minimum absolute atomic E-state index is 0.0345. The second-order valence-corrected chi connectivity index (χ2v) is 6.51. The number of aliphatic carboxylic acids is 1. The van der Waals surface area contributed by atoms with Crippen LogP contribution in [0.1, 0.15) is 5.56 Å². The highest BCUT2D eigenvalue weighted by Gasteiger charge is 2.26. The van der Waals surface area contributed by atoms with E-state index in [1.54, 1.807) is 0 Å². The van der Waals surface area contributed by atoms with Crippen LogP contribution in [0.2, 0.25) is 5.02 Å². The minimum atomic E-state index is -4.10. The number of fused-ring (bicyclic) bond motifs is 1. The molecule has 0 fully saturated rings. The van der Waals surface area contributed by atoms with Gasteiger partial charge in [-0.1, -0.05) is 11.6 Å². The Bertz CT molecular complexity index is 718. The summed E-state index contributed by atoms with van der Waals surface area (Å²) in [5.41, 5.74) is 0.915. The number of nitrogens with one attached hydrogen (secondary N) is 2. The summed E-state index contributed by atoms with van der Waals surface area (Å²) in [7, 11) is -4.10. The first-order valence-corrected chi connectivity index (χ1v) is 7.59. The summed E-state index contributed by atoms with van der Waals surface area (Å²) in [6.45, 7) is -0.692.